The highest BCUT2D eigenvalue weighted by Gasteiger charge is 2.35. The molecule has 4 rings (SSSR count). The van der Waals surface area contributed by atoms with Crippen molar-refractivity contribution in [2.45, 2.75) is 44.9 Å². The number of anilines is 1. The van der Waals surface area contributed by atoms with E-state index in [2.05, 4.69) is 28.7 Å². The van der Waals surface area contributed by atoms with Crippen LogP contribution < -0.4 is 4.90 Å². The summed E-state index contributed by atoms with van der Waals surface area (Å²) in [5.41, 5.74) is 2.77. The summed E-state index contributed by atoms with van der Waals surface area (Å²) in [6.45, 7) is 6.75. The van der Waals surface area contributed by atoms with E-state index < -0.39 is 9.84 Å². The van der Waals surface area contributed by atoms with Gasteiger partial charge in [0.1, 0.15) is 5.82 Å². The molecule has 3 heterocycles. The van der Waals surface area contributed by atoms with E-state index in [0.29, 0.717) is 41.4 Å². The number of carbonyl (C=O) groups excluding carboxylic acids is 1. The molecule has 1 amide bonds. The fraction of sp³-hybridized carbons (Fsp3) is 0.478. The first-order valence-corrected chi connectivity index (χ1v) is 13.0. The topological polar surface area (TPSA) is 122 Å². The molecule has 1 N–H and O–H groups in total. The molecular formula is C23H30N6O4S. The van der Waals surface area contributed by atoms with Gasteiger partial charge in [0.05, 0.1) is 39.8 Å². The zero-order valence-corrected chi connectivity index (χ0v) is 21.1. The lowest BCUT2D eigenvalue weighted by Gasteiger charge is -2.38. The Balaban J connectivity index is 1.82. The average molecular weight is 487 g/mol. The number of sulfone groups is 1. The van der Waals surface area contributed by atoms with E-state index >= 15 is 0 Å². The smallest absolute Gasteiger partial charge is 0.256 e. The zero-order chi connectivity index (χ0) is 24.9. The minimum absolute atomic E-state index is 0.119. The van der Waals surface area contributed by atoms with Gasteiger partial charge in [0.25, 0.3) is 5.91 Å². The minimum Gasteiger partial charge on any atom is -0.392 e. The van der Waals surface area contributed by atoms with Gasteiger partial charge in [0.15, 0.2) is 9.84 Å². The summed E-state index contributed by atoms with van der Waals surface area (Å²) in [5.74, 6) is 1.32. The molecule has 1 aliphatic heterocycles. The maximum Gasteiger partial charge on any atom is 0.256 e. The number of aryl methyl sites for hydroxylation is 1. The fourth-order valence-corrected chi connectivity index (χ4v) is 5.48. The Labute approximate surface area is 199 Å². The number of imidazole rings is 1. The molecule has 182 valence electrons. The van der Waals surface area contributed by atoms with Crippen molar-refractivity contribution in [2.75, 3.05) is 31.8 Å². The van der Waals surface area contributed by atoms with Crippen molar-refractivity contribution in [1.82, 2.24) is 24.4 Å². The van der Waals surface area contributed by atoms with Crippen molar-refractivity contribution in [3.63, 3.8) is 0 Å². The van der Waals surface area contributed by atoms with E-state index in [1.807, 2.05) is 4.57 Å². The first kappa shape index (κ1) is 24.1. The maximum absolute atomic E-state index is 12.4. The highest BCUT2D eigenvalue weighted by Crippen LogP contribution is 2.37. The molecule has 11 heteroatoms. The highest BCUT2D eigenvalue weighted by molar-refractivity contribution is 7.90. The van der Waals surface area contributed by atoms with E-state index in [-0.39, 0.29) is 29.4 Å². The van der Waals surface area contributed by atoms with Crippen LogP contribution in [0, 0.1) is 12.8 Å². The lowest BCUT2D eigenvalue weighted by atomic mass is 10.00. The molecule has 0 unspecified atom stereocenters. The van der Waals surface area contributed by atoms with Crippen molar-refractivity contribution in [2.24, 2.45) is 5.92 Å². The Morgan fingerprint density at radius 3 is 2.50 bits per heavy atom. The van der Waals surface area contributed by atoms with Gasteiger partial charge in [-0.15, -0.1) is 0 Å². The Morgan fingerprint density at radius 1 is 1.24 bits per heavy atom. The molecule has 0 bridgehead atoms. The van der Waals surface area contributed by atoms with Gasteiger partial charge < -0.3 is 19.5 Å². The lowest BCUT2D eigenvalue weighted by molar-refractivity contribution is 0.0826. The molecule has 3 aromatic rings. The van der Waals surface area contributed by atoms with Gasteiger partial charge >= 0.3 is 0 Å². The Morgan fingerprint density at radius 2 is 1.94 bits per heavy atom. The predicted octanol–water partition coefficient (Wildman–Crippen LogP) is 1.95. The number of benzene rings is 1. The molecule has 10 nitrogen and oxygen atoms in total. The van der Waals surface area contributed by atoms with Crippen LogP contribution in [0.25, 0.3) is 11.0 Å². The summed E-state index contributed by atoms with van der Waals surface area (Å²) in [7, 11) is -0.127. The van der Waals surface area contributed by atoms with Crippen LogP contribution >= 0.6 is 0 Å². The first-order valence-electron chi connectivity index (χ1n) is 11.1. The number of rotatable bonds is 5. The summed E-state index contributed by atoms with van der Waals surface area (Å²) >= 11 is 0. The third-order valence-corrected chi connectivity index (χ3v) is 7.37. The molecule has 0 fully saturated rings. The summed E-state index contributed by atoms with van der Waals surface area (Å²) in [6.07, 6.45) is 2.71. The first-order chi connectivity index (χ1) is 15.9. The van der Waals surface area contributed by atoms with Crippen LogP contribution in [0.1, 0.15) is 47.3 Å². The lowest BCUT2D eigenvalue weighted by Crippen LogP contribution is -2.42. The second-order valence-electron chi connectivity index (χ2n) is 9.25. The quantitative estimate of drug-likeness (QED) is 0.581. The largest absolute Gasteiger partial charge is 0.392 e. The van der Waals surface area contributed by atoms with Crippen LogP contribution in [0.2, 0.25) is 0 Å². The van der Waals surface area contributed by atoms with E-state index in [1.54, 1.807) is 39.3 Å². The van der Waals surface area contributed by atoms with E-state index in [4.69, 9.17) is 4.98 Å². The van der Waals surface area contributed by atoms with Gasteiger partial charge in [-0.05, 0) is 30.5 Å². The van der Waals surface area contributed by atoms with Crippen molar-refractivity contribution >= 4 is 32.7 Å². The van der Waals surface area contributed by atoms with E-state index in [9.17, 15) is 18.3 Å². The van der Waals surface area contributed by atoms with Gasteiger partial charge in [-0.1, -0.05) is 13.8 Å². The molecule has 1 aromatic carbocycles. The van der Waals surface area contributed by atoms with Crippen LogP contribution in [-0.4, -0.2) is 70.7 Å². The molecular weight excluding hydrogens is 456 g/mol. The number of hydrogen-bond acceptors (Lipinski definition) is 8. The molecule has 0 saturated heterocycles. The SMILES string of the molecule is Cc1nc(N2CCn3c(nc4cc(CO)c(S(C)(=O)=O)cc43)[C@H]2C(C)C)ncc1C(=O)N(C)C. The van der Waals surface area contributed by atoms with Crippen LogP contribution in [0.5, 0.6) is 0 Å². The number of aromatic nitrogens is 4. The Hall–Kier alpha value is -3.05. The second kappa shape index (κ2) is 8.62. The van der Waals surface area contributed by atoms with Gasteiger partial charge in [0.2, 0.25) is 5.95 Å². The van der Waals surface area contributed by atoms with Gasteiger partial charge in [0, 0.05) is 39.6 Å². The third kappa shape index (κ3) is 4.03. The molecule has 34 heavy (non-hydrogen) atoms. The van der Waals surface area contributed by atoms with Gasteiger partial charge in [-0.2, -0.15) is 0 Å². The summed E-state index contributed by atoms with van der Waals surface area (Å²) in [6, 6.07) is 3.11. The number of carbonyl (C=O) groups is 1. The van der Waals surface area contributed by atoms with Crippen LogP contribution in [0.15, 0.2) is 23.2 Å². The molecule has 0 saturated carbocycles. The Bertz CT molecular complexity index is 1380. The average Bonchev–Trinajstić information content (AvgIpc) is 3.13. The Kier molecular flexibility index (Phi) is 6.11. The number of fused-ring (bicyclic) bond motifs is 3. The van der Waals surface area contributed by atoms with Gasteiger partial charge in [-0.3, -0.25) is 4.79 Å². The van der Waals surface area contributed by atoms with E-state index in [0.717, 1.165) is 17.6 Å². The van der Waals surface area contributed by atoms with Gasteiger partial charge in [-0.25, -0.2) is 23.4 Å². The maximum atomic E-state index is 12.4. The number of aliphatic hydroxyl groups is 1. The molecule has 1 atom stereocenters. The van der Waals surface area contributed by atoms with Crippen LogP contribution in [0.3, 0.4) is 0 Å². The summed E-state index contributed by atoms with van der Waals surface area (Å²) in [4.78, 5) is 30.1. The molecule has 0 radical (unpaired) electrons. The number of hydrogen-bond donors (Lipinski definition) is 1. The zero-order valence-electron chi connectivity index (χ0n) is 20.3. The molecule has 2 aromatic heterocycles. The van der Waals surface area contributed by atoms with Crippen LogP contribution in [-0.2, 0) is 23.0 Å². The molecule has 0 aliphatic carbocycles. The number of aliphatic hydroxyl groups excluding tert-OH is 1. The van der Waals surface area contributed by atoms with Crippen molar-refractivity contribution in [1.29, 1.82) is 0 Å². The van der Waals surface area contributed by atoms with Crippen molar-refractivity contribution in [3.8, 4) is 0 Å². The monoisotopic (exact) mass is 486 g/mol. The van der Waals surface area contributed by atoms with Crippen LogP contribution in [0.4, 0.5) is 5.95 Å². The minimum atomic E-state index is -3.51. The normalized spacial score (nSPS) is 16.2. The van der Waals surface area contributed by atoms with Crippen molar-refractivity contribution < 1.29 is 18.3 Å². The highest BCUT2D eigenvalue weighted by atomic mass is 32.2. The fourth-order valence-electron chi connectivity index (χ4n) is 4.56. The van der Waals surface area contributed by atoms with Crippen molar-refractivity contribution in [3.05, 3.63) is 41.0 Å². The summed E-state index contributed by atoms with van der Waals surface area (Å²) in [5, 5.41) is 9.75. The number of amides is 1. The third-order valence-electron chi connectivity index (χ3n) is 6.19. The number of nitrogens with zero attached hydrogens (tertiary/aromatic N) is 6. The second-order valence-corrected chi connectivity index (χ2v) is 11.2. The molecule has 0 spiro atoms. The predicted molar refractivity (Wildman–Crippen MR) is 128 cm³/mol. The van der Waals surface area contributed by atoms with E-state index in [1.165, 1.54) is 4.90 Å². The standard InChI is InChI=1S/C23H30N6O4S/c1-13(2)20-21-26-17-9-15(12-30)19(34(6,32)33)10-18(17)28(21)7-8-29(20)23-24-11-16(14(3)25-23)22(31)27(4)5/h9-11,13,20,30H,7-8,12H2,1-6H3/t20-/m1/s1. The molecule has 1 aliphatic rings. The summed E-state index contributed by atoms with van der Waals surface area (Å²) < 4.78 is 26.7.